The number of anilines is 2. The number of esters is 1. The first-order valence-electron chi connectivity index (χ1n) is 9.61. The topological polar surface area (TPSA) is 105 Å². The van der Waals surface area contributed by atoms with Crippen LogP contribution in [-0.2, 0) is 14.3 Å². The molecule has 7 heteroatoms. The first kappa shape index (κ1) is 21.6. The molecule has 3 aromatic rings. The van der Waals surface area contributed by atoms with Crippen LogP contribution in [0.5, 0.6) is 5.75 Å². The summed E-state index contributed by atoms with van der Waals surface area (Å²) in [6.45, 7) is 2.90. The normalized spacial score (nSPS) is 11.3. The van der Waals surface area contributed by atoms with Gasteiger partial charge in [-0.25, -0.2) is 4.79 Å². The zero-order valence-corrected chi connectivity index (χ0v) is 17.1. The predicted molar refractivity (Wildman–Crippen MR) is 118 cm³/mol. The number of carbonyl (C=O) groups is 3. The summed E-state index contributed by atoms with van der Waals surface area (Å²) < 4.78 is 5.27. The van der Waals surface area contributed by atoms with Crippen molar-refractivity contribution in [2.45, 2.75) is 20.0 Å². The van der Waals surface area contributed by atoms with Gasteiger partial charge in [0, 0.05) is 18.3 Å². The van der Waals surface area contributed by atoms with E-state index >= 15 is 0 Å². The summed E-state index contributed by atoms with van der Waals surface area (Å²) in [5, 5.41) is 14.7. The van der Waals surface area contributed by atoms with Crippen molar-refractivity contribution in [3.63, 3.8) is 0 Å². The van der Waals surface area contributed by atoms with Gasteiger partial charge in [-0.1, -0.05) is 24.3 Å². The van der Waals surface area contributed by atoms with E-state index < -0.39 is 18.0 Å². The highest BCUT2D eigenvalue weighted by Gasteiger charge is 2.19. The van der Waals surface area contributed by atoms with Crippen LogP contribution in [0.3, 0.4) is 0 Å². The summed E-state index contributed by atoms with van der Waals surface area (Å²) in [7, 11) is 0. The molecule has 158 valence electrons. The van der Waals surface area contributed by atoms with E-state index in [0.717, 1.165) is 11.1 Å². The van der Waals surface area contributed by atoms with E-state index in [1.807, 2.05) is 0 Å². The Labute approximate surface area is 179 Å². The standard InChI is InChI=1S/C24H22N2O5/c1-15(23(29)26-21-11-9-20(10-12-21)25-16(2)27)31-24(30)19-5-3-17(4-6-19)18-7-13-22(28)14-8-18/h3-15,28H,1-2H3,(H,25,27)(H,26,29)/t15-/m0/s1. The molecule has 0 aliphatic carbocycles. The highest BCUT2D eigenvalue weighted by Crippen LogP contribution is 2.22. The number of aromatic hydroxyl groups is 1. The number of hydrogen-bond acceptors (Lipinski definition) is 5. The summed E-state index contributed by atoms with van der Waals surface area (Å²) in [6.07, 6.45) is -1.00. The highest BCUT2D eigenvalue weighted by atomic mass is 16.5. The molecule has 0 aromatic heterocycles. The van der Waals surface area contributed by atoms with Crippen molar-refractivity contribution < 1.29 is 24.2 Å². The third kappa shape index (κ3) is 5.93. The van der Waals surface area contributed by atoms with Crippen molar-refractivity contribution in [1.82, 2.24) is 0 Å². The Kier molecular flexibility index (Phi) is 6.67. The van der Waals surface area contributed by atoms with Gasteiger partial charge in [-0.05, 0) is 66.6 Å². The monoisotopic (exact) mass is 418 g/mol. The number of phenols is 1. The van der Waals surface area contributed by atoms with E-state index in [9.17, 15) is 19.5 Å². The summed E-state index contributed by atoms with van der Waals surface area (Å²) in [5.41, 5.74) is 3.22. The maximum absolute atomic E-state index is 12.4. The van der Waals surface area contributed by atoms with E-state index in [2.05, 4.69) is 10.6 Å². The van der Waals surface area contributed by atoms with Crippen LogP contribution in [0.2, 0.25) is 0 Å². The Bertz CT molecular complexity index is 1070. The van der Waals surface area contributed by atoms with Crippen LogP contribution in [0.1, 0.15) is 24.2 Å². The Morgan fingerprint density at radius 2 is 1.26 bits per heavy atom. The van der Waals surface area contributed by atoms with Crippen LogP contribution in [0.15, 0.2) is 72.8 Å². The molecule has 0 saturated heterocycles. The second-order valence-corrected chi connectivity index (χ2v) is 6.92. The number of carbonyl (C=O) groups excluding carboxylic acids is 3. The van der Waals surface area contributed by atoms with E-state index in [-0.39, 0.29) is 11.7 Å². The molecule has 0 aliphatic heterocycles. The van der Waals surface area contributed by atoms with E-state index in [4.69, 9.17) is 4.74 Å². The molecule has 0 radical (unpaired) electrons. The molecule has 3 rings (SSSR count). The third-order valence-corrected chi connectivity index (χ3v) is 4.45. The Morgan fingerprint density at radius 3 is 1.77 bits per heavy atom. The zero-order valence-electron chi connectivity index (χ0n) is 17.1. The summed E-state index contributed by atoms with van der Waals surface area (Å²) >= 11 is 0. The molecule has 3 N–H and O–H groups in total. The SMILES string of the molecule is CC(=O)Nc1ccc(NC(=O)[C@H](C)OC(=O)c2ccc(-c3ccc(O)cc3)cc2)cc1. The fourth-order valence-electron chi connectivity index (χ4n) is 2.82. The summed E-state index contributed by atoms with van der Waals surface area (Å²) in [4.78, 5) is 35.8. The second-order valence-electron chi connectivity index (χ2n) is 6.92. The van der Waals surface area contributed by atoms with Gasteiger partial charge in [0.15, 0.2) is 6.10 Å². The average Bonchev–Trinajstić information content (AvgIpc) is 2.75. The number of phenolic OH excluding ortho intramolecular Hbond substituents is 1. The van der Waals surface area contributed by atoms with Crippen molar-refractivity contribution in [3.05, 3.63) is 78.4 Å². The minimum Gasteiger partial charge on any atom is -0.508 e. The van der Waals surface area contributed by atoms with Gasteiger partial charge >= 0.3 is 5.97 Å². The number of nitrogens with one attached hydrogen (secondary N) is 2. The van der Waals surface area contributed by atoms with Crippen molar-refractivity contribution in [2.24, 2.45) is 0 Å². The second kappa shape index (κ2) is 9.58. The van der Waals surface area contributed by atoms with Gasteiger partial charge < -0.3 is 20.5 Å². The lowest BCUT2D eigenvalue weighted by atomic mass is 10.0. The van der Waals surface area contributed by atoms with Crippen molar-refractivity contribution in [2.75, 3.05) is 10.6 Å². The number of rotatable bonds is 6. The molecule has 3 aromatic carbocycles. The number of amides is 2. The van der Waals surface area contributed by atoms with Gasteiger partial charge in [0.05, 0.1) is 5.56 Å². The van der Waals surface area contributed by atoms with Crippen LogP contribution in [0.4, 0.5) is 11.4 Å². The Balaban J connectivity index is 1.57. The van der Waals surface area contributed by atoms with Gasteiger partial charge in [-0.2, -0.15) is 0 Å². The molecule has 0 aliphatic rings. The largest absolute Gasteiger partial charge is 0.508 e. The van der Waals surface area contributed by atoms with E-state index in [1.54, 1.807) is 72.8 Å². The van der Waals surface area contributed by atoms with Gasteiger partial charge in [0.2, 0.25) is 5.91 Å². The molecule has 0 heterocycles. The number of ether oxygens (including phenoxy) is 1. The smallest absolute Gasteiger partial charge is 0.338 e. The van der Waals surface area contributed by atoms with Crippen molar-refractivity contribution in [3.8, 4) is 16.9 Å². The minimum atomic E-state index is -1.00. The molecular weight excluding hydrogens is 396 g/mol. The van der Waals surface area contributed by atoms with Crippen LogP contribution < -0.4 is 10.6 Å². The Morgan fingerprint density at radius 1 is 0.774 bits per heavy atom. The van der Waals surface area contributed by atoms with Crippen LogP contribution in [0, 0.1) is 0 Å². The number of benzene rings is 3. The minimum absolute atomic E-state index is 0.180. The molecule has 0 fully saturated rings. The molecule has 2 amide bonds. The van der Waals surface area contributed by atoms with Crippen LogP contribution >= 0.6 is 0 Å². The predicted octanol–water partition coefficient (Wildman–Crippen LogP) is 4.20. The molecule has 31 heavy (non-hydrogen) atoms. The quantitative estimate of drug-likeness (QED) is 0.521. The average molecular weight is 418 g/mol. The third-order valence-electron chi connectivity index (χ3n) is 4.45. The molecule has 0 spiro atoms. The van der Waals surface area contributed by atoms with Gasteiger partial charge in [-0.15, -0.1) is 0 Å². The fraction of sp³-hybridized carbons (Fsp3) is 0.125. The number of hydrogen-bond donors (Lipinski definition) is 3. The highest BCUT2D eigenvalue weighted by molar-refractivity contribution is 5.97. The maximum atomic E-state index is 12.4. The first-order chi connectivity index (χ1) is 14.8. The lowest BCUT2D eigenvalue weighted by Crippen LogP contribution is -2.30. The zero-order chi connectivity index (χ0) is 22.4. The van der Waals surface area contributed by atoms with E-state index in [0.29, 0.717) is 16.9 Å². The molecule has 7 nitrogen and oxygen atoms in total. The van der Waals surface area contributed by atoms with Crippen LogP contribution in [0.25, 0.3) is 11.1 Å². The molecule has 0 unspecified atom stereocenters. The van der Waals surface area contributed by atoms with E-state index in [1.165, 1.54) is 13.8 Å². The lowest BCUT2D eigenvalue weighted by Gasteiger charge is -2.14. The Hall–Kier alpha value is -4.13. The fourth-order valence-corrected chi connectivity index (χ4v) is 2.82. The van der Waals surface area contributed by atoms with Crippen LogP contribution in [-0.4, -0.2) is 29.0 Å². The van der Waals surface area contributed by atoms with Gasteiger partial charge in [-0.3, -0.25) is 9.59 Å². The van der Waals surface area contributed by atoms with Crippen molar-refractivity contribution >= 4 is 29.2 Å². The maximum Gasteiger partial charge on any atom is 0.338 e. The molecule has 1 atom stereocenters. The summed E-state index contributed by atoms with van der Waals surface area (Å²) in [6, 6.07) is 20.1. The lowest BCUT2D eigenvalue weighted by molar-refractivity contribution is -0.123. The van der Waals surface area contributed by atoms with Gasteiger partial charge in [0.1, 0.15) is 5.75 Å². The van der Waals surface area contributed by atoms with Crippen molar-refractivity contribution in [1.29, 1.82) is 0 Å². The van der Waals surface area contributed by atoms with Gasteiger partial charge in [0.25, 0.3) is 5.91 Å². The summed E-state index contributed by atoms with van der Waals surface area (Å²) in [5.74, 6) is -1.09. The molecule has 0 saturated carbocycles. The molecule has 0 bridgehead atoms. The molecular formula is C24H22N2O5. The first-order valence-corrected chi connectivity index (χ1v) is 9.61.